The van der Waals surface area contributed by atoms with Gasteiger partial charge in [-0.3, -0.25) is 4.68 Å². The van der Waals surface area contributed by atoms with Crippen molar-refractivity contribution in [1.29, 1.82) is 0 Å². The molecular weight excluding hydrogens is 280 g/mol. The number of hydrogen-bond donors (Lipinski definition) is 1. The minimum Gasteiger partial charge on any atom is -0.366 e. The Balaban J connectivity index is 2.00. The van der Waals surface area contributed by atoms with Gasteiger partial charge in [0.05, 0.1) is 6.54 Å². The fraction of sp³-hybridized carbons (Fsp3) is 0.333. The lowest BCUT2D eigenvalue weighted by Crippen LogP contribution is -2.23. The number of pyridine rings is 1. The van der Waals surface area contributed by atoms with E-state index in [0.29, 0.717) is 0 Å². The highest BCUT2D eigenvalue weighted by atomic mass is 79.9. The summed E-state index contributed by atoms with van der Waals surface area (Å²) in [6.07, 6.45) is 5.55. The maximum Gasteiger partial charge on any atom is 0.129 e. The Labute approximate surface area is 109 Å². The molecular formula is C12H15BrN4. The molecule has 0 radical (unpaired) electrons. The summed E-state index contributed by atoms with van der Waals surface area (Å²) in [6.45, 7) is 4.98. The Hall–Kier alpha value is -1.36. The average Bonchev–Trinajstić information content (AvgIpc) is 2.75. The van der Waals surface area contributed by atoms with Crippen LogP contribution >= 0.6 is 15.9 Å². The average molecular weight is 295 g/mol. The van der Waals surface area contributed by atoms with Gasteiger partial charge in [-0.15, -0.1) is 0 Å². The van der Waals surface area contributed by atoms with Gasteiger partial charge in [0, 0.05) is 29.1 Å². The van der Waals surface area contributed by atoms with Crippen LogP contribution in [0.2, 0.25) is 0 Å². The second-order valence-corrected chi connectivity index (χ2v) is 5.01. The molecule has 0 aliphatic rings. The van der Waals surface area contributed by atoms with Crippen molar-refractivity contribution >= 4 is 21.7 Å². The zero-order valence-corrected chi connectivity index (χ0v) is 11.5. The lowest BCUT2D eigenvalue weighted by Gasteiger charge is -2.16. The third-order valence-electron chi connectivity index (χ3n) is 2.45. The van der Waals surface area contributed by atoms with Crippen LogP contribution < -0.4 is 5.32 Å². The quantitative estimate of drug-likeness (QED) is 0.943. The maximum absolute atomic E-state index is 4.36. The van der Waals surface area contributed by atoms with E-state index < -0.39 is 0 Å². The summed E-state index contributed by atoms with van der Waals surface area (Å²) >= 11 is 3.41. The molecule has 0 saturated carbocycles. The first kappa shape index (κ1) is 12.1. The third kappa shape index (κ3) is 3.30. The van der Waals surface area contributed by atoms with Gasteiger partial charge >= 0.3 is 0 Å². The molecule has 0 aromatic carbocycles. The number of nitrogens with zero attached hydrogens (tertiary/aromatic N) is 3. The lowest BCUT2D eigenvalue weighted by molar-refractivity contribution is 0.559. The summed E-state index contributed by atoms with van der Waals surface area (Å²) in [5, 5.41) is 7.57. The fourth-order valence-electron chi connectivity index (χ4n) is 1.66. The predicted molar refractivity (Wildman–Crippen MR) is 72.0 cm³/mol. The summed E-state index contributed by atoms with van der Waals surface area (Å²) in [4.78, 5) is 4.36. The van der Waals surface area contributed by atoms with Crippen molar-refractivity contribution in [3.8, 4) is 0 Å². The van der Waals surface area contributed by atoms with E-state index in [1.165, 1.54) is 0 Å². The fourth-order valence-corrected chi connectivity index (χ4v) is 2.11. The van der Waals surface area contributed by atoms with Crippen molar-refractivity contribution in [3.63, 3.8) is 0 Å². The first-order valence-corrected chi connectivity index (χ1v) is 6.30. The Morgan fingerprint density at radius 3 is 3.00 bits per heavy atom. The molecule has 5 heteroatoms. The third-order valence-corrected chi connectivity index (χ3v) is 2.88. The van der Waals surface area contributed by atoms with Gasteiger partial charge in [0.25, 0.3) is 0 Å². The molecule has 0 saturated heterocycles. The number of rotatable bonds is 4. The number of aromatic nitrogens is 3. The largest absolute Gasteiger partial charge is 0.366 e. The molecule has 0 aliphatic carbocycles. The van der Waals surface area contributed by atoms with Crippen LogP contribution in [0.5, 0.6) is 0 Å². The molecule has 2 aromatic heterocycles. The van der Waals surface area contributed by atoms with Crippen LogP contribution in [-0.4, -0.2) is 20.8 Å². The molecule has 2 aromatic rings. The standard InChI is InChI=1S/C12H15BrN4/c1-9-6-11(13)7-14-12(9)16-10(2)8-17-5-3-4-15-17/h3-7,10H,8H2,1-2H3,(H,14,16). The van der Waals surface area contributed by atoms with E-state index in [1.807, 2.05) is 23.9 Å². The molecule has 1 unspecified atom stereocenters. The summed E-state index contributed by atoms with van der Waals surface area (Å²) in [7, 11) is 0. The highest BCUT2D eigenvalue weighted by molar-refractivity contribution is 9.10. The minimum absolute atomic E-state index is 0.280. The van der Waals surface area contributed by atoms with Crippen LogP contribution in [0.4, 0.5) is 5.82 Å². The Morgan fingerprint density at radius 1 is 1.53 bits per heavy atom. The van der Waals surface area contributed by atoms with Crippen LogP contribution in [0.15, 0.2) is 35.2 Å². The SMILES string of the molecule is Cc1cc(Br)cnc1NC(C)Cn1cccn1. The normalized spacial score (nSPS) is 12.4. The van der Waals surface area contributed by atoms with Crippen molar-refractivity contribution in [2.75, 3.05) is 5.32 Å². The molecule has 0 bridgehead atoms. The van der Waals surface area contributed by atoms with Crippen molar-refractivity contribution in [1.82, 2.24) is 14.8 Å². The molecule has 0 spiro atoms. The molecule has 4 nitrogen and oxygen atoms in total. The van der Waals surface area contributed by atoms with Gasteiger partial charge < -0.3 is 5.32 Å². The Morgan fingerprint density at radius 2 is 2.35 bits per heavy atom. The van der Waals surface area contributed by atoms with Gasteiger partial charge in [0.15, 0.2) is 0 Å². The highest BCUT2D eigenvalue weighted by Crippen LogP contribution is 2.17. The molecule has 0 aliphatic heterocycles. The Bertz CT molecular complexity index is 481. The Kier molecular flexibility index (Phi) is 3.78. The van der Waals surface area contributed by atoms with Gasteiger partial charge in [-0.2, -0.15) is 5.10 Å². The number of nitrogens with one attached hydrogen (secondary N) is 1. The minimum atomic E-state index is 0.280. The summed E-state index contributed by atoms with van der Waals surface area (Å²) < 4.78 is 2.91. The van der Waals surface area contributed by atoms with Gasteiger partial charge in [-0.05, 0) is 47.5 Å². The summed E-state index contributed by atoms with van der Waals surface area (Å²) in [6, 6.07) is 4.26. The van der Waals surface area contributed by atoms with Crippen LogP contribution in [0.1, 0.15) is 12.5 Å². The van der Waals surface area contributed by atoms with E-state index >= 15 is 0 Å². The van der Waals surface area contributed by atoms with Gasteiger partial charge in [-0.25, -0.2) is 4.98 Å². The van der Waals surface area contributed by atoms with E-state index in [0.717, 1.165) is 22.4 Å². The summed E-state index contributed by atoms with van der Waals surface area (Å²) in [5.74, 6) is 0.924. The van der Waals surface area contributed by atoms with E-state index in [1.54, 1.807) is 12.4 Å². The lowest BCUT2D eigenvalue weighted by atomic mass is 10.2. The van der Waals surface area contributed by atoms with E-state index in [4.69, 9.17) is 0 Å². The van der Waals surface area contributed by atoms with Crippen LogP contribution in [-0.2, 0) is 6.54 Å². The topological polar surface area (TPSA) is 42.7 Å². The molecule has 1 atom stereocenters. The van der Waals surface area contributed by atoms with Crippen LogP contribution in [0.25, 0.3) is 0 Å². The number of aryl methyl sites for hydroxylation is 1. The molecule has 1 N–H and O–H groups in total. The second kappa shape index (κ2) is 5.31. The van der Waals surface area contributed by atoms with Crippen molar-refractivity contribution in [3.05, 3.63) is 40.8 Å². The van der Waals surface area contributed by atoms with E-state index in [2.05, 4.69) is 44.3 Å². The van der Waals surface area contributed by atoms with Gasteiger partial charge in [-0.1, -0.05) is 0 Å². The van der Waals surface area contributed by atoms with Crippen LogP contribution in [0, 0.1) is 6.92 Å². The first-order valence-electron chi connectivity index (χ1n) is 5.51. The molecule has 2 heterocycles. The zero-order chi connectivity index (χ0) is 12.3. The molecule has 0 amide bonds. The first-order chi connectivity index (χ1) is 8.15. The van der Waals surface area contributed by atoms with Crippen molar-refractivity contribution in [2.24, 2.45) is 0 Å². The van der Waals surface area contributed by atoms with E-state index in [9.17, 15) is 0 Å². The maximum atomic E-state index is 4.36. The smallest absolute Gasteiger partial charge is 0.129 e. The van der Waals surface area contributed by atoms with Crippen molar-refractivity contribution < 1.29 is 0 Å². The predicted octanol–water partition coefficient (Wildman–Crippen LogP) is 2.85. The van der Waals surface area contributed by atoms with Crippen molar-refractivity contribution in [2.45, 2.75) is 26.4 Å². The molecule has 17 heavy (non-hydrogen) atoms. The monoisotopic (exact) mass is 294 g/mol. The molecule has 90 valence electrons. The molecule has 0 fully saturated rings. The second-order valence-electron chi connectivity index (χ2n) is 4.09. The molecule has 2 rings (SSSR count). The highest BCUT2D eigenvalue weighted by Gasteiger charge is 2.06. The summed E-state index contributed by atoms with van der Waals surface area (Å²) in [5.41, 5.74) is 1.13. The van der Waals surface area contributed by atoms with Crippen LogP contribution in [0.3, 0.4) is 0 Å². The van der Waals surface area contributed by atoms with Gasteiger partial charge in [0.2, 0.25) is 0 Å². The number of anilines is 1. The zero-order valence-electron chi connectivity index (χ0n) is 9.89. The number of hydrogen-bond acceptors (Lipinski definition) is 3. The van der Waals surface area contributed by atoms with E-state index in [-0.39, 0.29) is 6.04 Å². The number of halogens is 1. The van der Waals surface area contributed by atoms with Gasteiger partial charge in [0.1, 0.15) is 5.82 Å².